The van der Waals surface area contributed by atoms with Crippen LogP contribution in [0.1, 0.15) is 134 Å². The first-order chi connectivity index (χ1) is 37.5. The highest BCUT2D eigenvalue weighted by Gasteiger charge is 2.74. The zero-order chi connectivity index (χ0) is 59.0. The molecule has 10 N–H and O–H groups in total. The van der Waals surface area contributed by atoms with Crippen molar-refractivity contribution in [1.29, 1.82) is 0 Å². The third-order valence-corrected chi connectivity index (χ3v) is 21.3. The highest BCUT2D eigenvalue weighted by Crippen LogP contribution is 2.76. The fourth-order valence-corrected chi connectivity index (χ4v) is 16.4. The average molecular weight is 1140 g/mol. The van der Waals surface area contributed by atoms with E-state index in [0.717, 1.165) is 5.57 Å². The molecule has 5 aliphatic carbocycles. The minimum Gasteiger partial charge on any atom is -0.464 e. The number of rotatable bonds is 16. The quantitative estimate of drug-likeness (QED) is 0.0262. The van der Waals surface area contributed by atoms with Crippen molar-refractivity contribution in [3.8, 4) is 0 Å². The smallest absolute Gasteiger partial charge is 0.338 e. The van der Waals surface area contributed by atoms with Crippen LogP contribution < -0.4 is 0 Å². The summed E-state index contributed by atoms with van der Waals surface area (Å²) in [5.41, 5.74) is -2.83. The number of hydrogen-bond donors (Lipinski definition) is 10. The van der Waals surface area contributed by atoms with Gasteiger partial charge in [0.15, 0.2) is 31.1 Å². The molecule has 22 heteroatoms. The minimum atomic E-state index is -1.97. The Kier molecular flexibility index (Phi) is 18.7. The lowest BCUT2D eigenvalue weighted by atomic mass is 9.33. The zero-order valence-electron chi connectivity index (χ0n) is 48.3. The Hall–Kier alpha value is -2.75. The molecule has 3 saturated heterocycles. The van der Waals surface area contributed by atoms with Crippen LogP contribution >= 0.6 is 0 Å². The molecule has 8 rings (SSSR count). The Balaban J connectivity index is 1.14. The van der Waals surface area contributed by atoms with Crippen LogP contribution in [-0.2, 0) is 57.0 Å². The number of allylic oxidation sites excluding steroid dienone is 3. The van der Waals surface area contributed by atoms with Crippen molar-refractivity contribution >= 4 is 17.9 Å². The molecule has 25 atom stereocenters. The van der Waals surface area contributed by atoms with Gasteiger partial charge in [0.05, 0.1) is 44.1 Å². The molecule has 8 unspecified atom stereocenters. The van der Waals surface area contributed by atoms with Crippen molar-refractivity contribution in [3.63, 3.8) is 0 Å². The summed E-state index contributed by atoms with van der Waals surface area (Å²) < 4.78 is 55.4. The molecule has 0 aromatic rings. The van der Waals surface area contributed by atoms with E-state index < -0.39 is 181 Å². The second-order valence-electron chi connectivity index (χ2n) is 26.4. The molecule has 3 heterocycles. The van der Waals surface area contributed by atoms with Crippen molar-refractivity contribution in [2.45, 2.75) is 244 Å². The van der Waals surface area contributed by atoms with E-state index in [9.17, 15) is 65.4 Å². The van der Waals surface area contributed by atoms with Gasteiger partial charge in [-0.1, -0.05) is 79.5 Å². The van der Waals surface area contributed by atoms with Gasteiger partial charge in [-0.05, 0) is 105 Å². The molecule has 0 radical (unpaired) electrons. The second kappa shape index (κ2) is 23.6. The summed E-state index contributed by atoms with van der Waals surface area (Å²) in [5, 5.41) is 111. The summed E-state index contributed by atoms with van der Waals surface area (Å²) in [4.78, 5) is 40.4. The SMILES string of the molecule is C/C=C(/C)C(=O)O[C@H]1[C@H](OC(C)=O)C(C)(C)CC2C3=CCC4[C@@]5(C)CC[C@H](O[C@@H]6OC(C(=O)OCCCC)[C@@H](O)[C@@H](O[C@@H]7O[C@@H](CO)[C@@H](O)C7O)C6O[C@@H]6OC(CO)[C@H](O)[C@@H](O)C6O)C(C)(C)C5CC[C@@]4(C)[C@]3(C)C[C@@H](O)[C@]21CO. The lowest BCUT2D eigenvalue weighted by molar-refractivity contribution is -0.386. The molecule has 7 fully saturated rings. The van der Waals surface area contributed by atoms with E-state index in [1.165, 1.54) is 6.92 Å². The van der Waals surface area contributed by atoms with E-state index in [2.05, 4.69) is 40.7 Å². The largest absolute Gasteiger partial charge is 0.464 e. The molecule has 80 heavy (non-hydrogen) atoms. The Morgan fingerprint density at radius 2 is 1.31 bits per heavy atom. The predicted molar refractivity (Wildman–Crippen MR) is 280 cm³/mol. The summed E-state index contributed by atoms with van der Waals surface area (Å²) in [6.45, 7) is 19.5. The van der Waals surface area contributed by atoms with Gasteiger partial charge in [0.2, 0.25) is 0 Å². The van der Waals surface area contributed by atoms with Crippen molar-refractivity contribution < 1.29 is 108 Å². The molecule has 8 aliphatic rings. The zero-order valence-corrected chi connectivity index (χ0v) is 48.3. The van der Waals surface area contributed by atoms with Gasteiger partial charge in [-0.15, -0.1) is 0 Å². The van der Waals surface area contributed by atoms with Crippen molar-refractivity contribution in [2.75, 3.05) is 26.4 Å². The lowest BCUT2D eigenvalue weighted by Gasteiger charge is -2.72. The second-order valence-corrected chi connectivity index (χ2v) is 26.4. The number of esters is 3. The van der Waals surface area contributed by atoms with E-state index in [4.69, 9.17) is 42.6 Å². The van der Waals surface area contributed by atoms with Crippen molar-refractivity contribution in [3.05, 3.63) is 23.3 Å². The highest BCUT2D eigenvalue weighted by molar-refractivity contribution is 5.88. The van der Waals surface area contributed by atoms with E-state index in [1.807, 2.05) is 20.8 Å². The molecule has 0 spiro atoms. The van der Waals surface area contributed by atoms with Gasteiger partial charge in [0.1, 0.15) is 67.1 Å². The Morgan fingerprint density at radius 1 is 0.700 bits per heavy atom. The summed E-state index contributed by atoms with van der Waals surface area (Å²) in [7, 11) is 0. The van der Waals surface area contributed by atoms with E-state index in [-0.39, 0.29) is 30.3 Å². The van der Waals surface area contributed by atoms with Gasteiger partial charge in [-0.2, -0.15) is 0 Å². The molecule has 22 nitrogen and oxygen atoms in total. The van der Waals surface area contributed by atoms with Crippen LogP contribution in [0.3, 0.4) is 0 Å². The molecule has 0 aromatic carbocycles. The summed E-state index contributed by atoms with van der Waals surface area (Å²) in [6, 6.07) is 0. The van der Waals surface area contributed by atoms with Gasteiger partial charge in [0, 0.05) is 17.9 Å². The highest BCUT2D eigenvalue weighted by atomic mass is 16.8. The van der Waals surface area contributed by atoms with Crippen molar-refractivity contribution in [2.24, 2.45) is 50.2 Å². The normalized spacial score (nSPS) is 47.8. The molecule has 4 saturated carbocycles. The predicted octanol–water partition coefficient (Wildman–Crippen LogP) is 1.60. The maximum absolute atomic E-state index is 13.9. The summed E-state index contributed by atoms with van der Waals surface area (Å²) >= 11 is 0. The third kappa shape index (κ3) is 10.4. The minimum absolute atomic E-state index is 0.0205. The molecular weight excluding hydrogens is 1050 g/mol. The van der Waals surface area contributed by atoms with Crippen LogP contribution in [0.5, 0.6) is 0 Å². The first-order valence-corrected chi connectivity index (χ1v) is 28.9. The number of unbranched alkanes of at least 4 members (excludes halogenated alkanes) is 1. The van der Waals surface area contributed by atoms with Crippen LogP contribution in [0.4, 0.5) is 0 Å². The van der Waals surface area contributed by atoms with E-state index in [0.29, 0.717) is 56.9 Å². The van der Waals surface area contributed by atoms with E-state index in [1.54, 1.807) is 19.9 Å². The Labute approximate surface area is 469 Å². The monoisotopic (exact) mass is 1140 g/mol. The maximum Gasteiger partial charge on any atom is 0.338 e. The number of carbonyl (C=O) groups excluding carboxylic acids is 3. The maximum atomic E-state index is 13.9. The van der Waals surface area contributed by atoms with Crippen molar-refractivity contribution in [1.82, 2.24) is 0 Å². The standard InChI is InChI=1S/C58H92O22/c1-12-14-21-72-49(71)44-42(69)43(77-50-40(67)38(65)32(25-60)75-50)45(79-51-41(68)39(66)37(64)31(24-59)74-51)52(78-44)76-36-18-19-55(9)33(54(36,7)8)17-20-56(10)34(55)16-15-29-30-22-53(5,6)46(73-28(4)62)47(80-48(70)27(3)13-2)58(30,26-61)35(63)23-57(29,56)11/h13,15,30-47,50-52,59-61,63-69H,12,14,16-26H2,1-11H3/b27-13-/t30?,31?,32-,33?,34?,35+,36-,37-,38+,39+,40?,41?,42-,43+,44?,45?,46-,47-,50-,51-,52+,55-,56+,57+,58-/m0/s1. The van der Waals surface area contributed by atoms with Crippen LogP contribution in [0.2, 0.25) is 0 Å². The molecule has 456 valence electrons. The van der Waals surface area contributed by atoms with Crippen LogP contribution in [0, 0.1) is 50.2 Å². The van der Waals surface area contributed by atoms with Crippen LogP contribution in [-0.4, -0.2) is 206 Å². The van der Waals surface area contributed by atoms with Gasteiger partial charge in [-0.25, -0.2) is 9.59 Å². The van der Waals surface area contributed by atoms with Gasteiger partial charge >= 0.3 is 17.9 Å². The summed E-state index contributed by atoms with van der Waals surface area (Å²) in [5.74, 6) is -2.63. The topological polar surface area (TPSA) is 337 Å². The number of ether oxygens (including phenoxy) is 9. The first kappa shape index (κ1) is 63.3. The molecule has 0 amide bonds. The molecule has 0 aromatic heterocycles. The van der Waals surface area contributed by atoms with Crippen LogP contribution in [0.15, 0.2) is 23.3 Å². The number of hydrogen-bond acceptors (Lipinski definition) is 22. The number of fused-ring (bicyclic) bond motifs is 7. The fourth-order valence-electron chi connectivity index (χ4n) is 16.4. The molecule has 3 aliphatic heterocycles. The van der Waals surface area contributed by atoms with Gasteiger partial charge in [0.25, 0.3) is 0 Å². The third-order valence-electron chi connectivity index (χ3n) is 21.3. The summed E-state index contributed by atoms with van der Waals surface area (Å²) in [6.07, 6.45) is -19.4. The number of carbonyl (C=O) groups is 3. The fraction of sp³-hybridized carbons (Fsp3) is 0.879. The van der Waals surface area contributed by atoms with Crippen LogP contribution in [0.25, 0.3) is 0 Å². The van der Waals surface area contributed by atoms with E-state index >= 15 is 0 Å². The average Bonchev–Trinajstić information content (AvgIpc) is 3.81. The molecule has 0 bridgehead atoms. The number of aliphatic hydroxyl groups excluding tert-OH is 10. The van der Waals surface area contributed by atoms with Gasteiger partial charge < -0.3 is 93.7 Å². The Bertz CT molecular complexity index is 2290. The molecular formula is C58H92O22. The first-order valence-electron chi connectivity index (χ1n) is 28.9. The number of aliphatic hydroxyl groups is 10. The van der Waals surface area contributed by atoms with Gasteiger partial charge in [-0.3, -0.25) is 4.79 Å². The Morgan fingerprint density at radius 3 is 1.90 bits per heavy atom. The lowest BCUT2D eigenvalue weighted by Crippen LogP contribution is -2.72.